The number of amidine groups is 1. The number of fused-ring (bicyclic) bond motifs is 1. The molecule has 1 aliphatic carbocycles. The van der Waals surface area contributed by atoms with E-state index in [1.54, 1.807) is 11.8 Å². The topological polar surface area (TPSA) is 41.5 Å². The Morgan fingerprint density at radius 3 is 2.86 bits per heavy atom. The molecule has 0 bridgehead atoms. The van der Waals surface area contributed by atoms with Gasteiger partial charge in [0.1, 0.15) is 0 Å². The third-order valence-electron chi connectivity index (χ3n) is 3.41. The van der Waals surface area contributed by atoms with Crippen LogP contribution in [0.2, 0.25) is 0 Å². The second-order valence-corrected chi connectivity index (χ2v) is 6.66. The summed E-state index contributed by atoms with van der Waals surface area (Å²) in [6.07, 6.45) is 4.42. The third kappa shape index (κ3) is 3.39. The average molecular weight is 319 g/mol. The quantitative estimate of drug-likeness (QED) is 0.909. The van der Waals surface area contributed by atoms with Crippen molar-refractivity contribution in [3.8, 4) is 0 Å². The summed E-state index contributed by atoms with van der Waals surface area (Å²) in [5.74, 6) is -0.0399. The first-order valence-corrected chi connectivity index (χ1v) is 8.02. The Labute approximate surface area is 133 Å². The van der Waals surface area contributed by atoms with E-state index in [9.17, 15) is 4.79 Å². The molecule has 1 aromatic carbocycles. The van der Waals surface area contributed by atoms with Crippen molar-refractivity contribution in [1.29, 1.82) is 0 Å². The van der Waals surface area contributed by atoms with Gasteiger partial charge in [-0.25, -0.2) is 0 Å². The van der Waals surface area contributed by atoms with Crippen molar-refractivity contribution in [1.82, 2.24) is 5.32 Å². The van der Waals surface area contributed by atoms with Crippen LogP contribution in [0, 0.1) is 0 Å². The number of hydrogen-bond acceptors (Lipinski definition) is 3. The molecular formula is C16H15ClN2OS. The van der Waals surface area contributed by atoms with Gasteiger partial charge in [0, 0.05) is 5.03 Å². The molecule has 1 aliphatic heterocycles. The number of nitrogens with one attached hydrogen (secondary N) is 1. The highest BCUT2D eigenvalue weighted by molar-refractivity contribution is 8.14. The number of thioether (sulfide) groups is 1. The normalized spacial score (nSPS) is 23.8. The molecular weight excluding hydrogens is 304 g/mol. The number of benzene rings is 1. The van der Waals surface area contributed by atoms with Crippen LogP contribution in [0.4, 0.5) is 0 Å². The second-order valence-electron chi connectivity index (χ2n) is 5.08. The fraction of sp³-hybridized carbons (Fsp3) is 0.250. The maximum atomic E-state index is 12.0. The molecule has 0 saturated carbocycles. The van der Waals surface area contributed by atoms with Gasteiger partial charge in [0.15, 0.2) is 5.17 Å². The highest BCUT2D eigenvalue weighted by Gasteiger charge is 2.31. The first kappa shape index (κ1) is 14.4. The fourth-order valence-electron chi connectivity index (χ4n) is 2.32. The van der Waals surface area contributed by atoms with E-state index in [-0.39, 0.29) is 17.2 Å². The molecule has 108 valence electrons. The molecule has 21 heavy (non-hydrogen) atoms. The summed E-state index contributed by atoms with van der Waals surface area (Å²) in [6.45, 7) is 1.99. The minimum Gasteiger partial charge on any atom is -0.305 e. The SMILES string of the molecule is CC1=CC2SC(NC(=O)Cc3ccccc3)=NC2C=C1Cl. The molecule has 3 rings (SSSR count). The van der Waals surface area contributed by atoms with Gasteiger partial charge < -0.3 is 5.32 Å². The first-order valence-electron chi connectivity index (χ1n) is 6.76. The molecule has 0 radical (unpaired) electrons. The standard InChI is InChI=1S/C16H15ClN2OS/c1-10-7-14-13(9-12(10)17)18-16(21-14)19-15(20)8-11-5-3-2-4-6-11/h2-7,9,13-14H,8H2,1H3,(H,18,19,20). The molecule has 5 heteroatoms. The van der Waals surface area contributed by atoms with E-state index in [1.807, 2.05) is 43.3 Å². The predicted molar refractivity (Wildman–Crippen MR) is 88.6 cm³/mol. The Hall–Kier alpha value is -1.52. The highest BCUT2D eigenvalue weighted by Crippen LogP contribution is 2.35. The molecule has 2 aliphatic rings. The van der Waals surface area contributed by atoms with Gasteiger partial charge in [-0.2, -0.15) is 0 Å². The molecule has 2 unspecified atom stereocenters. The number of carbonyl (C=O) groups is 1. The van der Waals surface area contributed by atoms with Crippen molar-refractivity contribution in [3.05, 3.63) is 58.7 Å². The van der Waals surface area contributed by atoms with Gasteiger partial charge in [-0.05, 0) is 24.1 Å². The summed E-state index contributed by atoms with van der Waals surface area (Å²) in [7, 11) is 0. The Bertz CT molecular complexity index is 652. The lowest BCUT2D eigenvalue weighted by Crippen LogP contribution is -2.29. The lowest BCUT2D eigenvalue weighted by Gasteiger charge is -2.16. The molecule has 0 aromatic heterocycles. The van der Waals surface area contributed by atoms with Crippen LogP contribution in [-0.2, 0) is 11.2 Å². The smallest absolute Gasteiger partial charge is 0.230 e. The molecule has 1 aromatic rings. The fourth-order valence-corrected chi connectivity index (χ4v) is 3.67. The van der Waals surface area contributed by atoms with Crippen LogP contribution in [0.3, 0.4) is 0 Å². The summed E-state index contributed by atoms with van der Waals surface area (Å²) in [4.78, 5) is 16.6. The Morgan fingerprint density at radius 1 is 1.33 bits per heavy atom. The van der Waals surface area contributed by atoms with Crippen molar-refractivity contribution < 1.29 is 4.79 Å². The van der Waals surface area contributed by atoms with Crippen molar-refractivity contribution in [2.24, 2.45) is 4.99 Å². The van der Waals surface area contributed by atoms with Gasteiger partial charge in [-0.15, -0.1) is 0 Å². The molecule has 0 saturated heterocycles. The molecule has 1 heterocycles. The highest BCUT2D eigenvalue weighted by atomic mass is 35.5. The Kier molecular flexibility index (Phi) is 4.17. The van der Waals surface area contributed by atoms with E-state index >= 15 is 0 Å². The van der Waals surface area contributed by atoms with Crippen LogP contribution in [-0.4, -0.2) is 22.4 Å². The second kappa shape index (κ2) is 6.08. The van der Waals surface area contributed by atoms with Gasteiger partial charge in [0.05, 0.1) is 17.7 Å². The minimum atomic E-state index is -0.0399. The van der Waals surface area contributed by atoms with Crippen molar-refractivity contribution >= 4 is 34.4 Å². The van der Waals surface area contributed by atoms with E-state index in [2.05, 4.69) is 16.4 Å². The number of halogens is 1. The molecule has 1 amide bonds. The van der Waals surface area contributed by atoms with Crippen molar-refractivity contribution in [3.63, 3.8) is 0 Å². The third-order valence-corrected chi connectivity index (χ3v) is 4.95. The van der Waals surface area contributed by atoms with Crippen LogP contribution in [0.1, 0.15) is 12.5 Å². The molecule has 0 spiro atoms. The van der Waals surface area contributed by atoms with Crippen LogP contribution in [0.25, 0.3) is 0 Å². The molecule has 3 nitrogen and oxygen atoms in total. The number of aliphatic imine (C=N–C) groups is 1. The van der Waals surface area contributed by atoms with Gasteiger partial charge in [-0.3, -0.25) is 9.79 Å². The lowest BCUT2D eigenvalue weighted by molar-refractivity contribution is -0.119. The van der Waals surface area contributed by atoms with Crippen LogP contribution in [0.15, 0.2) is 58.1 Å². The van der Waals surface area contributed by atoms with E-state index < -0.39 is 0 Å². The predicted octanol–water partition coefficient (Wildman–Crippen LogP) is 3.27. The maximum absolute atomic E-state index is 12.0. The van der Waals surface area contributed by atoms with E-state index in [4.69, 9.17) is 11.6 Å². The van der Waals surface area contributed by atoms with Gasteiger partial charge >= 0.3 is 0 Å². The number of amides is 1. The zero-order valence-corrected chi connectivity index (χ0v) is 13.1. The number of hydrogen-bond donors (Lipinski definition) is 1. The van der Waals surface area contributed by atoms with Crippen molar-refractivity contribution in [2.45, 2.75) is 24.6 Å². The zero-order chi connectivity index (χ0) is 14.8. The van der Waals surface area contributed by atoms with E-state index in [0.29, 0.717) is 11.6 Å². The van der Waals surface area contributed by atoms with Crippen LogP contribution in [0.5, 0.6) is 0 Å². The molecule has 1 N–H and O–H groups in total. The van der Waals surface area contributed by atoms with Crippen LogP contribution < -0.4 is 5.32 Å². The van der Waals surface area contributed by atoms with E-state index in [0.717, 1.165) is 16.2 Å². The zero-order valence-electron chi connectivity index (χ0n) is 11.5. The first-order chi connectivity index (χ1) is 10.1. The van der Waals surface area contributed by atoms with Gasteiger partial charge in [0.2, 0.25) is 5.91 Å². The number of allylic oxidation sites excluding steroid dienone is 2. The summed E-state index contributed by atoms with van der Waals surface area (Å²) < 4.78 is 0. The summed E-state index contributed by atoms with van der Waals surface area (Å²) in [6, 6.07) is 9.71. The average Bonchev–Trinajstić information content (AvgIpc) is 2.81. The lowest BCUT2D eigenvalue weighted by atomic mass is 10.0. The van der Waals surface area contributed by atoms with Gasteiger partial charge in [0.25, 0.3) is 0 Å². The van der Waals surface area contributed by atoms with Gasteiger partial charge in [-0.1, -0.05) is 59.8 Å². The number of carbonyl (C=O) groups excluding carboxylic acids is 1. The van der Waals surface area contributed by atoms with Crippen molar-refractivity contribution in [2.75, 3.05) is 0 Å². The summed E-state index contributed by atoms with van der Waals surface area (Å²) >= 11 is 7.70. The monoisotopic (exact) mass is 318 g/mol. The Balaban J connectivity index is 1.62. The molecule has 2 atom stereocenters. The number of rotatable bonds is 2. The Morgan fingerprint density at radius 2 is 2.10 bits per heavy atom. The largest absolute Gasteiger partial charge is 0.305 e. The molecule has 0 fully saturated rings. The summed E-state index contributed by atoms with van der Waals surface area (Å²) in [5, 5.41) is 4.55. The summed E-state index contributed by atoms with van der Waals surface area (Å²) in [5.41, 5.74) is 2.06. The number of nitrogens with zero attached hydrogens (tertiary/aromatic N) is 1. The maximum Gasteiger partial charge on any atom is 0.230 e. The van der Waals surface area contributed by atoms with E-state index in [1.165, 1.54) is 0 Å². The van der Waals surface area contributed by atoms with Crippen LogP contribution >= 0.6 is 23.4 Å². The minimum absolute atomic E-state index is 0.0261.